The normalized spacial score (nSPS) is 19.5. The molecule has 0 saturated carbocycles. The highest BCUT2D eigenvalue weighted by molar-refractivity contribution is 5.79. The number of aliphatic carboxylic acids is 1. The molecule has 1 aromatic heterocycles. The van der Waals surface area contributed by atoms with E-state index in [2.05, 4.69) is 31.3 Å². The van der Waals surface area contributed by atoms with E-state index < -0.39 is 5.97 Å². The van der Waals surface area contributed by atoms with Gasteiger partial charge in [0.1, 0.15) is 11.3 Å². The summed E-state index contributed by atoms with van der Waals surface area (Å²) < 4.78 is 5.88. The van der Waals surface area contributed by atoms with Crippen LogP contribution in [-0.4, -0.2) is 24.2 Å². The first kappa shape index (κ1) is 16.1. The summed E-state index contributed by atoms with van der Waals surface area (Å²) in [5.41, 5.74) is 2.15. The summed E-state index contributed by atoms with van der Waals surface area (Å²) in [6.07, 6.45) is 2.44. The number of carbonyl (C=O) groups is 1. The topological polar surface area (TPSA) is 62.5 Å². The zero-order valence-corrected chi connectivity index (χ0v) is 13.8. The van der Waals surface area contributed by atoms with Gasteiger partial charge in [-0.3, -0.25) is 4.79 Å². The Morgan fingerprint density at radius 3 is 2.83 bits per heavy atom. The summed E-state index contributed by atoms with van der Waals surface area (Å²) in [4.78, 5) is 11.6. The maximum atomic E-state index is 11.6. The molecule has 2 atom stereocenters. The predicted molar refractivity (Wildman–Crippen MR) is 90.6 cm³/mol. The minimum Gasteiger partial charge on any atom is -0.481 e. The Morgan fingerprint density at radius 2 is 2.17 bits per heavy atom. The van der Waals surface area contributed by atoms with Crippen LogP contribution in [0.5, 0.6) is 0 Å². The van der Waals surface area contributed by atoms with E-state index in [4.69, 9.17) is 4.42 Å². The Balaban J connectivity index is 1.80. The van der Waals surface area contributed by atoms with Crippen molar-refractivity contribution in [3.8, 4) is 0 Å². The van der Waals surface area contributed by atoms with Crippen LogP contribution in [0.2, 0.25) is 0 Å². The fourth-order valence-corrected chi connectivity index (χ4v) is 3.54. The van der Waals surface area contributed by atoms with E-state index in [1.54, 1.807) is 0 Å². The number of carboxylic acids is 1. The minimum absolute atomic E-state index is 0.192. The standard InChI is InChI=1S/C19H25NO3/c1-12(2)7-13-3-4-18-15(8-13)9-16(23-18)10-17(19(21)22)14-5-6-20-11-14/h3-4,8-9,12,14,17,20H,5-7,10-11H2,1-2H3,(H,21,22). The van der Waals surface area contributed by atoms with Crippen molar-refractivity contribution in [3.05, 3.63) is 35.6 Å². The number of rotatable bonds is 6. The van der Waals surface area contributed by atoms with Crippen LogP contribution in [0.25, 0.3) is 11.0 Å². The highest BCUT2D eigenvalue weighted by Gasteiger charge is 2.31. The van der Waals surface area contributed by atoms with Crippen LogP contribution in [0, 0.1) is 17.8 Å². The Labute approximate surface area is 136 Å². The van der Waals surface area contributed by atoms with Gasteiger partial charge >= 0.3 is 5.97 Å². The molecular weight excluding hydrogens is 290 g/mol. The van der Waals surface area contributed by atoms with Crippen molar-refractivity contribution in [1.29, 1.82) is 0 Å². The number of hydrogen-bond donors (Lipinski definition) is 2. The smallest absolute Gasteiger partial charge is 0.307 e. The number of furan rings is 1. The molecule has 1 aliphatic heterocycles. The SMILES string of the molecule is CC(C)Cc1ccc2oc(CC(C(=O)O)C3CCNC3)cc2c1. The van der Waals surface area contributed by atoms with Gasteiger partial charge in [0.05, 0.1) is 5.92 Å². The molecular formula is C19H25NO3. The molecule has 2 N–H and O–H groups in total. The molecule has 0 spiro atoms. The van der Waals surface area contributed by atoms with Crippen molar-refractivity contribution >= 4 is 16.9 Å². The van der Waals surface area contributed by atoms with Gasteiger partial charge in [-0.15, -0.1) is 0 Å². The lowest BCUT2D eigenvalue weighted by molar-refractivity contribution is -0.143. The Bertz CT molecular complexity index is 683. The fraction of sp³-hybridized carbons (Fsp3) is 0.526. The molecule has 1 saturated heterocycles. The van der Waals surface area contributed by atoms with Gasteiger partial charge < -0.3 is 14.8 Å². The first-order valence-electron chi connectivity index (χ1n) is 8.48. The summed E-state index contributed by atoms with van der Waals surface area (Å²) in [7, 11) is 0. The average Bonchev–Trinajstić information content (AvgIpc) is 3.12. The van der Waals surface area contributed by atoms with Gasteiger partial charge in [0.25, 0.3) is 0 Å². The quantitative estimate of drug-likeness (QED) is 0.856. The number of benzene rings is 1. The summed E-state index contributed by atoms with van der Waals surface area (Å²) in [5.74, 6) is 0.489. The van der Waals surface area contributed by atoms with Crippen molar-refractivity contribution < 1.29 is 14.3 Å². The lowest BCUT2D eigenvalue weighted by Gasteiger charge is -2.17. The Kier molecular flexibility index (Phi) is 4.71. The largest absolute Gasteiger partial charge is 0.481 e. The number of nitrogens with one attached hydrogen (secondary N) is 1. The Hall–Kier alpha value is -1.81. The van der Waals surface area contributed by atoms with E-state index in [0.717, 1.165) is 42.7 Å². The minimum atomic E-state index is -0.723. The third-order valence-corrected chi connectivity index (χ3v) is 4.68. The van der Waals surface area contributed by atoms with Gasteiger partial charge in [0, 0.05) is 11.8 Å². The van der Waals surface area contributed by atoms with Gasteiger partial charge in [0.2, 0.25) is 0 Å². The van der Waals surface area contributed by atoms with Gasteiger partial charge in [-0.2, -0.15) is 0 Å². The molecule has 2 heterocycles. The molecule has 124 valence electrons. The molecule has 3 rings (SSSR count). The highest BCUT2D eigenvalue weighted by Crippen LogP contribution is 2.28. The van der Waals surface area contributed by atoms with E-state index in [9.17, 15) is 9.90 Å². The first-order valence-corrected chi connectivity index (χ1v) is 8.48. The number of fused-ring (bicyclic) bond motifs is 1. The third kappa shape index (κ3) is 3.75. The second kappa shape index (κ2) is 6.75. The van der Waals surface area contributed by atoms with Crippen LogP contribution in [0.4, 0.5) is 0 Å². The lowest BCUT2D eigenvalue weighted by Crippen LogP contribution is -2.27. The van der Waals surface area contributed by atoms with Crippen molar-refractivity contribution in [2.75, 3.05) is 13.1 Å². The second-order valence-corrected chi connectivity index (χ2v) is 7.08. The molecule has 1 fully saturated rings. The second-order valence-electron chi connectivity index (χ2n) is 7.08. The summed E-state index contributed by atoms with van der Waals surface area (Å²) >= 11 is 0. The molecule has 23 heavy (non-hydrogen) atoms. The third-order valence-electron chi connectivity index (χ3n) is 4.68. The molecule has 0 bridgehead atoms. The van der Waals surface area contributed by atoms with Crippen molar-refractivity contribution in [2.45, 2.75) is 33.1 Å². The van der Waals surface area contributed by atoms with Gasteiger partial charge in [-0.1, -0.05) is 19.9 Å². The highest BCUT2D eigenvalue weighted by atomic mass is 16.4. The van der Waals surface area contributed by atoms with Crippen LogP contribution in [0.1, 0.15) is 31.6 Å². The number of carboxylic acid groups (broad SMARTS) is 1. The van der Waals surface area contributed by atoms with Crippen LogP contribution < -0.4 is 5.32 Å². The summed E-state index contributed by atoms with van der Waals surface area (Å²) in [5, 5.41) is 13.9. The van der Waals surface area contributed by atoms with Crippen LogP contribution in [0.3, 0.4) is 0 Å². The predicted octanol–water partition coefficient (Wildman–Crippen LogP) is 3.48. The summed E-state index contributed by atoms with van der Waals surface area (Å²) in [6.45, 7) is 6.11. The van der Waals surface area contributed by atoms with E-state index in [1.165, 1.54) is 5.56 Å². The van der Waals surface area contributed by atoms with Crippen LogP contribution >= 0.6 is 0 Å². The van der Waals surface area contributed by atoms with Crippen LogP contribution in [-0.2, 0) is 17.6 Å². The Morgan fingerprint density at radius 1 is 1.35 bits per heavy atom. The molecule has 4 nitrogen and oxygen atoms in total. The maximum absolute atomic E-state index is 11.6. The monoisotopic (exact) mass is 315 g/mol. The van der Waals surface area contributed by atoms with E-state index in [-0.39, 0.29) is 11.8 Å². The van der Waals surface area contributed by atoms with Gasteiger partial charge in [-0.05, 0) is 61.5 Å². The zero-order chi connectivity index (χ0) is 16.4. The van der Waals surface area contributed by atoms with Gasteiger partial charge in [0.15, 0.2) is 0 Å². The van der Waals surface area contributed by atoms with Gasteiger partial charge in [-0.25, -0.2) is 0 Å². The van der Waals surface area contributed by atoms with E-state index >= 15 is 0 Å². The van der Waals surface area contributed by atoms with Crippen molar-refractivity contribution in [2.24, 2.45) is 17.8 Å². The molecule has 0 aliphatic carbocycles. The molecule has 2 aromatic rings. The van der Waals surface area contributed by atoms with Crippen LogP contribution in [0.15, 0.2) is 28.7 Å². The average molecular weight is 315 g/mol. The zero-order valence-electron chi connectivity index (χ0n) is 13.8. The molecule has 0 amide bonds. The molecule has 0 radical (unpaired) electrons. The molecule has 2 unspecified atom stereocenters. The lowest BCUT2D eigenvalue weighted by atomic mass is 9.88. The van der Waals surface area contributed by atoms with E-state index in [1.807, 2.05) is 12.1 Å². The van der Waals surface area contributed by atoms with E-state index in [0.29, 0.717) is 12.3 Å². The number of hydrogen-bond acceptors (Lipinski definition) is 3. The first-order chi connectivity index (χ1) is 11.0. The summed E-state index contributed by atoms with van der Waals surface area (Å²) in [6, 6.07) is 8.28. The van der Waals surface area contributed by atoms with Crippen molar-refractivity contribution in [3.63, 3.8) is 0 Å². The molecule has 1 aliphatic rings. The maximum Gasteiger partial charge on any atom is 0.307 e. The van der Waals surface area contributed by atoms with Crippen molar-refractivity contribution in [1.82, 2.24) is 5.32 Å². The molecule has 1 aromatic carbocycles. The fourth-order valence-electron chi connectivity index (χ4n) is 3.54. The molecule has 4 heteroatoms.